The molecule has 0 fully saturated rings. The average molecular weight is 413 g/mol. The molecule has 0 aliphatic rings. The highest BCUT2D eigenvalue weighted by molar-refractivity contribution is 6.08. The van der Waals surface area contributed by atoms with E-state index in [1.165, 1.54) is 27.2 Å². The van der Waals surface area contributed by atoms with Crippen molar-refractivity contribution in [2.45, 2.75) is 13.3 Å². The maximum atomic E-state index is 13.0. The van der Waals surface area contributed by atoms with Crippen molar-refractivity contribution in [2.75, 3.05) is 35.0 Å². The number of hydrogen-bond acceptors (Lipinski definition) is 6. The van der Waals surface area contributed by atoms with Gasteiger partial charge >= 0.3 is 0 Å². The second-order valence-corrected chi connectivity index (χ2v) is 6.41. The van der Waals surface area contributed by atoms with Gasteiger partial charge in [0.15, 0.2) is 28.8 Å². The Labute approximate surface area is 176 Å². The summed E-state index contributed by atoms with van der Waals surface area (Å²) >= 11 is 0. The van der Waals surface area contributed by atoms with Crippen LogP contribution in [0.2, 0.25) is 0 Å². The summed E-state index contributed by atoms with van der Waals surface area (Å²) < 4.78 is 21.2. The maximum Gasteiger partial charge on any atom is 0.216 e. The van der Waals surface area contributed by atoms with E-state index in [0.717, 1.165) is 11.1 Å². The third-order valence-electron chi connectivity index (χ3n) is 4.48. The van der Waals surface area contributed by atoms with Gasteiger partial charge in [-0.05, 0) is 47.9 Å². The molecule has 7 nitrogen and oxygen atoms in total. The lowest BCUT2D eigenvalue weighted by Crippen LogP contribution is -2.23. The zero-order valence-corrected chi connectivity index (χ0v) is 17.9. The van der Waals surface area contributed by atoms with Crippen molar-refractivity contribution in [1.29, 1.82) is 0 Å². The first-order chi connectivity index (χ1) is 14.4. The van der Waals surface area contributed by atoms with Gasteiger partial charge in [-0.1, -0.05) is 12.1 Å². The summed E-state index contributed by atoms with van der Waals surface area (Å²) in [5.41, 5.74) is 2.03. The van der Waals surface area contributed by atoms with Crippen molar-refractivity contribution < 1.29 is 28.5 Å². The van der Waals surface area contributed by atoms with Crippen molar-refractivity contribution in [3.8, 4) is 23.0 Å². The summed E-state index contributed by atoms with van der Waals surface area (Å²) in [5, 5.41) is 2.74. The number of benzene rings is 2. The lowest BCUT2D eigenvalue weighted by atomic mass is 9.99. The van der Waals surface area contributed by atoms with Crippen LogP contribution in [0.1, 0.15) is 28.4 Å². The van der Waals surface area contributed by atoms with Crippen molar-refractivity contribution in [3.63, 3.8) is 0 Å². The molecule has 0 aromatic heterocycles. The van der Waals surface area contributed by atoms with E-state index in [1.807, 2.05) is 6.07 Å². The Balaban J connectivity index is 2.34. The second kappa shape index (κ2) is 10.9. The number of rotatable bonds is 10. The van der Waals surface area contributed by atoms with E-state index in [9.17, 15) is 9.59 Å². The fourth-order valence-corrected chi connectivity index (χ4v) is 2.95. The number of ether oxygens (including phenoxy) is 4. The summed E-state index contributed by atoms with van der Waals surface area (Å²) in [6.07, 6.45) is 3.67. The lowest BCUT2D eigenvalue weighted by molar-refractivity contribution is -0.118. The highest BCUT2D eigenvalue weighted by Crippen LogP contribution is 2.32. The normalized spacial score (nSPS) is 10.6. The molecule has 0 atom stereocenters. The number of methoxy groups -OCH3 is 4. The number of allylic oxidation sites excluding steroid dienone is 1. The molecule has 0 saturated heterocycles. The lowest BCUT2D eigenvalue weighted by Gasteiger charge is -2.14. The Kier molecular flexibility index (Phi) is 8.29. The fourth-order valence-electron chi connectivity index (χ4n) is 2.95. The van der Waals surface area contributed by atoms with E-state index in [2.05, 4.69) is 5.32 Å². The minimum absolute atomic E-state index is 0.128. The molecular formula is C23H27NO6. The fraction of sp³-hybridized carbons (Fsp3) is 0.304. The number of carbonyl (C=O) groups is 2. The highest BCUT2D eigenvalue weighted by Gasteiger charge is 2.15. The van der Waals surface area contributed by atoms with E-state index in [0.29, 0.717) is 41.5 Å². The molecular weight excluding hydrogens is 386 g/mol. The Morgan fingerprint density at radius 2 is 1.47 bits per heavy atom. The van der Waals surface area contributed by atoms with E-state index >= 15 is 0 Å². The third kappa shape index (κ3) is 5.76. The van der Waals surface area contributed by atoms with E-state index in [4.69, 9.17) is 18.9 Å². The first-order valence-corrected chi connectivity index (χ1v) is 9.37. The van der Waals surface area contributed by atoms with Crippen molar-refractivity contribution in [2.24, 2.45) is 0 Å². The third-order valence-corrected chi connectivity index (χ3v) is 4.48. The SMILES string of the molecule is COc1ccc(/C=C/C(=O)c2cc(OC)c(OC)cc2CCNC(C)=O)cc1OC. The Bertz CT molecular complexity index is 936. The van der Waals surface area contributed by atoms with Gasteiger partial charge < -0.3 is 24.3 Å². The first kappa shape index (κ1) is 22.8. The van der Waals surface area contributed by atoms with Crippen LogP contribution in [0.15, 0.2) is 36.4 Å². The van der Waals surface area contributed by atoms with Crippen LogP contribution in [-0.2, 0) is 11.2 Å². The number of ketones is 1. The van der Waals surface area contributed by atoms with E-state index in [-0.39, 0.29) is 11.7 Å². The Hall–Kier alpha value is -3.48. The van der Waals surface area contributed by atoms with Gasteiger partial charge in [-0.25, -0.2) is 0 Å². The molecule has 0 aliphatic heterocycles. The quantitative estimate of drug-likeness (QED) is 0.475. The van der Waals surface area contributed by atoms with Gasteiger partial charge in [0.1, 0.15) is 0 Å². The molecule has 160 valence electrons. The van der Waals surface area contributed by atoms with E-state index in [1.54, 1.807) is 44.6 Å². The highest BCUT2D eigenvalue weighted by atomic mass is 16.5. The minimum atomic E-state index is -0.191. The van der Waals surface area contributed by atoms with Crippen molar-refractivity contribution in [3.05, 3.63) is 53.1 Å². The molecule has 0 heterocycles. The second-order valence-electron chi connectivity index (χ2n) is 6.41. The van der Waals surface area contributed by atoms with Gasteiger partial charge in [0.25, 0.3) is 0 Å². The number of amides is 1. The Morgan fingerprint density at radius 3 is 2.07 bits per heavy atom. The zero-order chi connectivity index (χ0) is 22.1. The molecule has 0 unspecified atom stereocenters. The van der Waals surface area contributed by atoms with Crippen LogP contribution in [0, 0.1) is 0 Å². The minimum Gasteiger partial charge on any atom is -0.493 e. The molecule has 1 N–H and O–H groups in total. The van der Waals surface area contributed by atoms with Crippen LogP contribution in [0.4, 0.5) is 0 Å². The van der Waals surface area contributed by atoms with Crippen LogP contribution < -0.4 is 24.3 Å². The zero-order valence-electron chi connectivity index (χ0n) is 17.9. The number of nitrogens with one attached hydrogen (secondary N) is 1. The summed E-state index contributed by atoms with van der Waals surface area (Å²) in [5.74, 6) is 1.86. The van der Waals surface area contributed by atoms with Crippen LogP contribution in [-0.4, -0.2) is 46.7 Å². The summed E-state index contributed by atoms with van der Waals surface area (Å²) in [7, 11) is 6.18. The predicted octanol–water partition coefficient (Wildman–Crippen LogP) is 3.30. The van der Waals surface area contributed by atoms with Gasteiger partial charge in [-0.15, -0.1) is 0 Å². The van der Waals surface area contributed by atoms with Gasteiger partial charge in [0.05, 0.1) is 28.4 Å². The topological polar surface area (TPSA) is 83.1 Å². The molecule has 0 saturated carbocycles. The largest absolute Gasteiger partial charge is 0.493 e. The van der Waals surface area contributed by atoms with Gasteiger partial charge in [0.2, 0.25) is 5.91 Å². The molecule has 30 heavy (non-hydrogen) atoms. The predicted molar refractivity (Wildman–Crippen MR) is 115 cm³/mol. The van der Waals surface area contributed by atoms with Crippen LogP contribution >= 0.6 is 0 Å². The van der Waals surface area contributed by atoms with Crippen LogP contribution in [0.25, 0.3) is 6.08 Å². The molecule has 2 aromatic carbocycles. The molecule has 0 spiro atoms. The molecule has 1 amide bonds. The smallest absolute Gasteiger partial charge is 0.216 e. The molecule has 0 radical (unpaired) electrons. The van der Waals surface area contributed by atoms with Gasteiger partial charge in [-0.2, -0.15) is 0 Å². The van der Waals surface area contributed by atoms with Crippen LogP contribution in [0.5, 0.6) is 23.0 Å². The molecule has 0 bridgehead atoms. The maximum absolute atomic E-state index is 13.0. The van der Waals surface area contributed by atoms with Gasteiger partial charge in [0, 0.05) is 19.0 Å². The summed E-state index contributed by atoms with van der Waals surface area (Å²) in [4.78, 5) is 24.1. The Morgan fingerprint density at radius 1 is 0.867 bits per heavy atom. The summed E-state index contributed by atoms with van der Waals surface area (Å²) in [6, 6.07) is 8.81. The molecule has 0 aliphatic carbocycles. The average Bonchev–Trinajstić information content (AvgIpc) is 2.76. The standard InChI is InChI=1S/C23H27NO6/c1-15(25)24-11-10-17-13-22(29-4)23(30-5)14-18(17)19(26)8-6-16-7-9-20(27-2)21(12-16)28-3/h6-9,12-14H,10-11H2,1-5H3,(H,24,25)/b8-6+. The van der Waals surface area contributed by atoms with Crippen molar-refractivity contribution >= 4 is 17.8 Å². The summed E-state index contributed by atoms with van der Waals surface area (Å²) in [6.45, 7) is 1.86. The monoisotopic (exact) mass is 413 g/mol. The van der Waals surface area contributed by atoms with Crippen LogP contribution in [0.3, 0.4) is 0 Å². The number of hydrogen-bond donors (Lipinski definition) is 1. The number of carbonyl (C=O) groups excluding carboxylic acids is 2. The molecule has 2 rings (SSSR count). The molecule has 2 aromatic rings. The van der Waals surface area contributed by atoms with Gasteiger partial charge in [-0.3, -0.25) is 9.59 Å². The van der Waals surface area contributed by atoms with E-state index < -0.39 is 0 Å². The first-order valence-electron chi connectivity index (χ1n) is 9.37. The van der Waals surface area contributed by atoms with Crippen molar-refractivity contribution in [1.82, 2.24) is 5.32 Å². The molecule has 7 heteroatoms.